The average Bonchev–Trinajstić information content (AvgIpc) is 3.29. The van der Waals surface area contributed by atoms with E-state index < -0.39 is 29.1 Å². The minimum Gasteiger partial charge on any atom is -0.358 e. The number of nitrogens with zero attached hydrogens (tertiary/aromatic N) is 5. The van der Waals surface area contributed by atoms with E-state index in [9.17, 15) is 18.0 Å². The summed E-state index contributed by atoms with van der Waals surface area (Å²) < 4.78 is 43.6. The molecule has 0 saturated carbocycles. The Morgan fingerprint density at radius 2 is 1.85 bits per heavy atom. The molecular weight excluding hydrogens is 435 g/mol. The molecule has 0 aliphatic rings. The van der Waals surface area contributed by atoms with Crippen LogP contribution in [0.15, 0.2) is 53.8 Å². The number of aromatic amines is 1. The molecule has 11 heteroatoms. The van der Waals surface area contributed by atoms with Crippen molar-refractivity contribution in [1.82, 2.24) is 29.5 Å². The SMILES string of the molecule is CCC(Nc1ncnc2[nH]cnc12)c1nc2ccc(F)cc2c(=O)n1-c1cc(F)ccc1F. The zero-order valence-electron chi connectivity index (χ0n) is 17.2. The third-order valence-corrected chi connectivity index (χ3v) is 5.25. The van der Waals surface area contributed by atoms with Crippen LogP contribution in [0.25, 0.3) is 27.8 Å². The second kappa shape index (κ2) is 8.01. The van der Waals surface area contributed by atoms with E-state index in [1.54, 1.807) is 0 Å². The Balaban J connectivity index is 1.76. The maximum Gasteiger partial charge on any atom is 0.266 e. The van der Waals surface area contributed by atoms with Gasteiger partial charge in [0.2, 0.25) is 0 Å². The number of halogens is 3. The number of rotatable bonds is 5. The fourth-order valence-corrected chi connectivity index (χ4v) is 3.68. The fourth-order valence-electron chi connectivity index (χ4n) is 3.68. The number of fused-ring (bicyclic) bond motifs is 2. The summed E-state index contributed by atoms with van der Waals surface area (Å²) >= 11 is 0. The van der Waals surface area contributed by atoms with E-state index in [4.69, 9.17) is 0 Å². The van der Waals surface area contributed by atoms with Crippen LogP contribution in [0.5, 0.6) is 0 Å². The van der Waals surface area contributed by atoms with Crippen molar-refractivity contribution in [3.05, 3.63) is 82.7 Å². The van der Waals surface area contributed by atoms with Gasteiger partial charge in [0, 0.05) is 6.07 Å². The van der Waals surface area contributed by atoms with Gasteiger partial charge < -0.3 is 10.3 Å². The lowest BCUT2D eigenvalue weighted by atomic mass is 10.1. The number of hydrogen-bond donors (Lipinski definition) is 2. The highest BCUT2D eigenvalue weighted by atomic mass is 19.1. The van der Waals surface area contributed by atoms with E-state index >= 15 is 0 Å². The van der Waals surface area contributed by atoms with Gasteiger partial charge in [-0.1, -0.05) is 6.92 Å². The van der Waals surface area contributed by atoms with Crippen LogP contribution < -0.4 is 10.9 Å². The van der Waals surface area contributed by atoms with Crippen LogP contribution in [0, 0.1) is 17.5 Å². The molecule has 0 fully saturated rings. The predicted molar refractivity (Wildman–Crippen MR) is 116 cm³/mol. The highest BCUT2D eigenvalue weighted by Gasteiger charge is 2.23. The maximum atomic E-state index is 14.8. The molecule has 5 aromatic rings. The van der Waals surface area contributed by atoms with Crippen LogP contribution >= 0.6 is 0 Å². The molecule has 2 N–H and O–H groups in total. The number of aromatic nitrogens is 6. The zero-order valence-corrected chi connectivity index (χ0v) is 17.2. The van der Waals surface area contributed by atoms with Crippen molar-refractivity contribution < 1.29 is 13.2 Å². The topological polar surface area (TPSA) is 101 Å². The summed E-state index contributed by atoms with van der Waals surface area (Å²) in [5, 5.41) is 3.11. The Morgan fingerprint density at radius 1 is 1.06 bits per heavy atom. The smallest absolute Gasteiger partial charge is 0.266 e. The van der Waals surface area contributed by atoms with E-state index in [2.05, 4.69) is 30.2 Å². The molecule has 2 aromatic carbocycles. The fraction of sp³-hybridized carbons (Fsp3) is 0.136. The number of nitrogens with one attached hydrogen (secondary N) is 2. The van der Waals surface area contributed by atoms with E-state index in [1.165, 1.54) is 24.8 Å². The summed E-state index contributed by atoms with van der Waals surface area (Å²) in [5.41, 5.74) is 0.119. The Bertz CT molecular complexity index is 1560. The first kappa shape index (κ1) is 20.6. The average molecular weight is 451 g/mol. The van der Waals surface area contributed by atoms with Gasteiger partial charge in [-0.05, 0) is 36.8 Å². The highest BCUT2D eigenvalue weighted by Crippen LogP contribution is 2.27. The quantitative estimate of drug-likeness (QED) is 0.418. The second-order valence-electron chi connectivity index (χ2n) is 7.29. The van der Waals surface area contributed by atoms with E-state index in [0.717, 1.165) is 28.8 Å². The first-order valence-electron chi connectivity index (χ1n) is 10.0. The molecule has 5 rings (SSSR count). The van der Waals surface area contributed by atoms with Crippen molar-refractivity contribution in [2.24, 2.45) is 0 Å². The summed E-state index contributed by atoms with van der Waals surface area (Å²) in [6.07, 6.45) is 3.20. The van der Waals surface area contributed by atoms with Crippen molar-refractivity contribution in [1.29, 1.82) is 0 Å². The van der Waals surface area contributed by atoms with Crippen LogP contribution in [0.2, 0.25) is 0 Å². The largest absolute Gasteiger partial charge is 0.358 e. The van der Waals surface area contributed by atoms with Gasteiger partial charge in [-0.3, -0.25) is 9.36 Å². The first-order chi connectivity index (χ1) is 16.0. The van der Waals surface area contributed by atoms with Crippen LogP contribution in [-0.2, 0) is 0 Å². The molecule has 3 aromatic heterocycles. The monoisotopic (exact) mass is 451 g/mol. The van der Waals surface area contributed by atoms with Crippen molar-refractivity contribution >= 4 is 27.9 Å². The molecule has 1 atom stereocenters. The lowest BCUT2D eigenvalue weighted by Gasteiger charge is -2.22. The van der Waals surface area contributed by atoms with E-state index in [1.807, 2.05) is 6.92 Å². The maximum absolute atomic E-state index is 14.8. The van der Waals surface area contributed by atoms with Gasteiger partial charge in [-0.15, -0.1) is 0 Å². The van der Waals surface area contributed by atoms with Crippen molar-refractivity contribution in [2.45, 2.75) is 19.4 Å². The van der Waals surface area contributed by atoms with E-state index in [0.29, 0.717) is 23.4 Å². The zero-order chi connectivity index (χ0) is 23.1. The van der Waals surface area contributed by atoms with Gasteiger partial charge >= 0.3 is 0 Å². The van der Waals surface area contributed by atoms with Gasteiger partial charge in [0.15, 0.2) is 11.5 Å². The molecule has 3 heterocycles. The second-order valence-corrected chi connectivity index (χ2v) is 7.29. The van der Waals surface area contributed by atoms with Crippen molar-refractivity contribution in [3.8, 4) is 5.69 Å². The summed E-state index contributed by atoms with van der Waals surface area (Å²) in [6, 6.07) is 5.67. The van der Waals surface area contributed by atoms with Gasteiger partial charge in [0.25, 0.3) is 5.56 Å². The Labute approximate surface area is 184 Å². The summed E-state index contributed by atoms with van der Waals surface area (Å²) in [5.74, 6) is -1.74. The molecule has 1 unspecified atom stereocenters. The minimum absolute atomic E-state index is 0.0611. The van der Waals surface area contributed by atoms with Crippen molar-refractivity contribution in [3.63, 3.8) is 0 Å². The normalized spacial score (nSPS) is 12.4. The molecule has 0 aliphatic carbocycles. The number of imidazole rings is 1. The third-order valence-electron chi connectivity index (χ3n) is 5.25. The molecule has 0 aliphatic heterocycles. The molecule has 0 spiro atoms. The molecule has 33 heavy (non-hydrogen) atoms. The Morgan fingerprint density at radius 3 is 2.67 bits per heavy atom. The number of benzene rings is 2. The van der Waals surface area contributed by atoms with Gasteiger partial charge in [-0.2, -0.15) is 0 Å². The highest BCUT2D eigenvalue weighted by molar-refractivity contribution is 5.82. The predicted octanol–water partition coefficient (Wildman–Crippen LogP) is 4.03. The van der Waals surface area contributed by atoms with Gasteiger partial charge in [-0.25, -0.2) is 33.1 Å². The third kappa shape index (κ3) is 3.56. The van der Waals surface area contributed by atoms with Crippen LogP contribution in [0.3, 0.4) is 0 Å². The number of H-pyrrole nitrogens is 1. The van der Waals surface area contributed by atoms with E-state index in [-0.39, 0.29) is 22.4 Å². The summed E-state index contributed by atoms with van der Waals surface area (Å²) in [6.45, 7) is 1.83. The van der Waals surface area contributed by atoms with Crippen LogP contribution in [0.1, 0.15) is 25.2 Å². The first-order valence-corrected chi connectivity index (χ1v) is 10.0. The number of anilines is 1. The lowest BCUT2D eigenvalue weighted by Crippen LogP contribution is -2.29. The molecule has 166 valence electrons. The summed E-state index contributed by atoms with van der Waals surface area (Å²) in [7, 11) is 0. The standard InChI is InChI=1S/C22H16F3N7O/c1-2-15(30-20-18-19(27-9-26-18)28-10-29-20)21-31-16-6-4-11(23)7-13(16)22(33)32(21)17-8-12(24)3-5-14(17)25/h3-10,15H,2H2,1H3,(H2,26,27,28,29,30). The Hall–Kier alpha value is -4.28. The molecule has 0 bridgehead atoms. The molecule has 8 nitrogen and oxygen atoms in total. The summed E-state index contributed by atoms with van der Waals surface area (Å²) in [4.78, 5) is 33.3. The lowest BCUT2D eigenvalue weighted by molar-refractivity contribution is 0.579. The molecule has 0 radical (unpaired) electrons. The van der Waals surface area contributed by atoms with Crippen molar-refractivity contribution in [2.75, 3.05) is 5.32 Å². The molecule has 0 amide bonds. The minimum atomic E-state index is -0.830. The van der Waals surface area contributed by atoms with Gasteiger partial charge in [0.1, 0.15) is 35.1 Å². The Kier molecular flexibility index (Phi) is 5.00. The molecular formula is C22H16F3N7O. The molecule has 0 saturated heterocycles. The van der Waals surface area contributed by atoms with Gasteiger partial charge in [0.05, 0.1) is 29.0 Å². The van der Waals surface area contributed by atoms with Crippen LogP contribution in [0.4, 0.5) is 19.0 Å². The van der Waals surface area contributed by atoms with Crippen LogP contribution in [-0.4, -0.2) is 29.5 Å². The number of hydrogen-bond acceptors (Lipinski definition) is 6.